The maximum Gasteiger partial charge on any atom is 0.142 e. The van der Waals surface area contributed by atoms with E-state index >= 15 is 0 Å². The summed E-state index contributed by atoms with van der Waals surface area (Å²) in [5.74, 6) is 1.37. The predicted molar refractivity (Wildman–Crippen MR) is 76.4 cm³/mol. The van der Waals surface area contributed by atoms with Gasteiger partial charge < -0.3 is 20.7 Å². The number of hydrogen-bond donors (Lipinski definition) is 2. The molecule has 0 atom stereocenters. The SMILES string of the molecule is COCCN(C)CCNc1snc(N)c1C1CC1. The fraction of sp³-hybridized carbons (Fsp3) is 0.750. The van der Waals surface area contributed by atoms with Crippen molar-refractivity contribution in [2.24, 2.45) is 0 Å². The molecule has 0 aromatic carbocycles. The topological polar surface area (TPSA) is 63.4 Å². The second-order valence-corrected chi connectivity index (χ2v) is 5.58. The first-order valence-corrected chi connectivity index (χ1v) is 7.16. The number of aromatic nitrogens is 1. The molecule has 0 saturated heterocycles. The van der Waals surface area contributed by atoms with E-state index in [0.717, 1.165) is 37.1 Å². The molecule has 0 amide bonds. The van der Waals surface area contributed by atoms with Gasteiger partial charge in [0.05, 0.1) is 6.61 Å². The largest absolute Gasteiger partial charge is 0.383 e. The Morgan fingerprint density at radius 2 is 2.28 bits per heavy atom. The molecule has 1 aromatic heterocycles. The molecule has 6 heteroatoms. The second-order valence-electron chi connectivity index (χ2n) is 4.81. The van der Waals surface area contributed by atoms with Gasteiger partial charge in [-0.1, -0.05) is 0 Å². The average Bonchev–Trinajstić information content (AvgIpc) is 3.12. The average molecular weight is 270 g/mol. The predicted octanol–water partition coefficient (Wildman–Crippen LogP) is 1.59. The minimum Gasteiger partial charge on any atom is -0.383 e. The van der Waals surface area contributed by atoms with Crippen LogP contribution in [0, 0.1) is 0 Å². The molecule has 0 unspecified atom stereocenters. The van der Waals surface area contributed by atoms with Crippen molar-refractivity contribution in [1.29, 1.82) is 0 Å². The highest BCUT2D eigenvalue weighted by molar-refractivity contribution is 7.10. The van der Waals surface area contributed by atoms with E-state index in [4.69, 9.17) is 10.5 Å². The van der Waals surface area contributed by atoms with Crippen molar-refractivity contribution in [1.82, 2.24) is 9.27 Å². The van der Waals surface area contributed by atoms with Crippen LogP contribution in [0.1, 0.15) is 24.3 Å². The van der Waals surface area contributed by atoms with E-state index in [1.807, 2.05) is 0 Å². The first kappa shape index (κ1) is 13.6. The minimum absolute atomic E-state index is 0.650. The van der Waals surface area contributed by atoms with Crippen molar-refractivity contribution in [2.45, 2.75) is 18.8 Å². The Balaban J connectivity index is 1.76. The highest BCUT2D eigenvalue weighted by atomic mass is 32.1. The zero-order valence-corrected chi connectivity index (χ0v) is 11.9. The molecular formula is C12H22N4OS. The summed E-state index contributed by atoms with van der Waals surface area (Å²) in [6, 6.07) is 0. The number of nitrogens with zero attached hydrogens (tertiary/aromatic N) is 2. The van der Waals surface area contributed by atoms with Gasteiger partial charge in [-0.05, 0) is 37.3 Å². The second kappa shape index (κ2) is 6.36. The van der Waals surface area contributed by atoms with Crippen LogP contribution in [0.3, 0.4) is 0 Å². The normalized spacial score (nSPS) is 15.3. The zero-order valence-electron chi connectivity index (χ0n) is 11.1. The fourth-order valence-electron chi connectivity index (χ4n) is 1.92. The summed E-state index contributed by atoms with van der Waals surface area (Å²) in [4.78, 5) is 2.25. The molecule has 1 fully saturated rings. The third kappa shape index (κ3) is 3.57. The molecule has 1 aliphatic rings. The van der Waals surface area contributed by atoms with E-state index in [2.05, 4.69) is 21.6 Å². The molecular weight excluding hydrogens is 248 g/mol. The zero-order chi connectivity index (χ0) is 13.0. The molecule has 1 heterocycles. The highest BCUT2D eigenvalue weighted by Crippen LogP contribution is 2.47. The molecule has 102 valence electrons. The lowest BCUT2D eigenvalue weighted by molar-refractivity contribution is 0.163. The highest BCUT2D eigenvalue weighted by Gasteiger charge is 2.30. The molecule has 2 rings (SSSR count). The van der Waals surface area contributed by atoms with Crippen LogP contribution in [0.2, 0.25) is 0 Å². The monoisotopic (exact) mass is 270 g/mol. The van der Waals surface area contributed by atoms with Crippen LogP contribution < -0.4 is 11.1 Å². The lowest BCUT2D eigenvalue weighted by Gasteiger charge is -2.16. The van der Waals surface area contributed by atoms with E-state index in [-0.39, 0.29) is 0 Å². The number of anilines is 2. The van der Waals surface area contributed by atoms with Crippen LogP contribution >= 0.6 is 11.5 Å². The van der Waals surface area contributed by atoms with Crippen LogP contribution in [-0.4, -0.2) is 49.7 Å². The lowest BCUT2D eigenvalue weighted by atomic mass is 10.2. The Morgan fingerprint density at radius 1 is 1.50 bits per heavy atom. The molecule has 1 aromatic rings. The van der Waals surface area contributed by atoms with Crippen LogP contribution in [0.25, 0.3) is 0 Å². The van der Waals surface area contributed by atoms with Crippen molar-refractivity contribution in [3.05, 3.63) is 5.56 Å². The maximum absolute atomic E-state index is 5.91. The molecule has 5 nitrogen and oxygen atoms in total. The third-order valence-electron chi connectivity index (χ3n) is 3.20. The Bertz CT molecular complexity index is 378. The summed E-state index contributed by atoms with van der Waals surface area (Å²) >= 11 is 1.48. The number of nitrogens with two attached hydrogens (primary N) is 1. The van der Waals surface area contributed by atoms with Gasteiger partial charge in [0, 0.05) is 32.3 Å². The van der Waals surface area contributed by atoms with E-state index in [1.54, 1.807) is 7.11 Å². The Hall–Kier alpha value is -0.850. The molecule has 0 bridgehead atoms. The quantitative estimate of drug-likeness (QED) is 0.751. The number of ether oxygens (including phenoxy) is 1. The van der Waals surface area contributed by atoms with Crippen molar-refractivity contribution in [3.63, 3.8) is 0 Å². The minimum atomic E-state index is 0.650. The van der Waals surface area contributed by atoms with Gasteiger partial charge in [0.1, 0.15) is 10.8 Å². The Labute approximate surface area is 112 Å². The number of rotatable bonds is 8. The molecule has 18 heavy (non-hydrogen) atoms. The molecule has 3 N–H and O–H groups in total. The number of methoxy groups -OCH3 is 1. The van der Waals surface area contributed by atoms with Crippen LogP contribution in [0.5, 0.6) is 0 Å². The van der Waals surface area contributed by atoms with Crippen molar-refractivity contribution >= 4 is 22.4 Å². The molecule has 0 spiro atoms. The van der Waals surface area contributed by atoms with E-state index in [1.165, 1.54) is 29.9 Å². The molecule has 0 radical (unpaired) electrons. The Kier molecular flexibility index (Phi) is 4.79. The van der Waals surface area contributed by atoms with E-state index in [0.29, 0.717) is 5.92 Å². The fourth-order valence-corrected chi connectivity index (χ4v) is 2.75. The van der Waals surface area contributed by atoms with Gasteiger partial charge in [0.15, 0.2) is 0 Å². The molecule has 1 saturated carbocycles. The van der Waals surface area contributed by atoms with Gasteiger partial charge in [-0.25, -0.2) is 0 Å². The summed E-state index contributed by atoms with van der Waals surface area (Å²) in [5, 5.41) is 4.62. The van der Waals surface area contributed by atoms with Crippen LogP contribution in [-0.2, 0) is 4.74 Å². The number of nitrogens with one attached hydrogen (secondary N) is 1. The van der Waals surface area contributed by atoms with E-state index < -0.39 is 0 Å². The third-order valence-corrected chi connectivity index (χ3v) is 4.03. The number of hydrogen-bond acceptors (Lipinski definition) is 6. The summed E-state index contributed by atoms with van der Waals surface area (Å²) in [5.41, 5.74) is 7.16. The van der Waals surface area contributed by atoms with Gasteiger partial charge in [0.2, 0.25) is 0 Å². The summed E-state index contributed by atoms with van der Waals surface area (Å²) in [6.45, 7) is 3.64. The van der Waals surface area contributed by atoms with Gasteiger partial charge in [0.25, 0.3) is 0 Å². The van der Waals surface area contributed by atoms with E-state index in [9.17, 15) is 0 Å². The van der Waals surface area contributed by atoms with Crippen molar-refractivity contribution in [2.75, 3.05) is 51.4 Å². The van der Waals surface area contributed by atoms with Gasteiger partial charge in [-0.3, -0.25) is 0 Å². The Morgan fingerprint density at radius 3 is 2.94 bits per heavy atom. The van der Waals surface area contributed by atoms with Crippen molar-refractivity contribution in [3.8, 4) is 0 Å². The smallest absolute Gasteiger partial charge is 0.142 e. The van der Waals surface area contributed by atoms with Crippen LogP contribution in [0.15, 0.2) is 0 Å². The maximum atomic E-state index is 5.91. The van der Waals surface area contributed by atoms with Gasteiger partial charge in [-0.2, -0.15) is 4.37 Å². The summed E-state index contributed by atoms with van der Waals surface area (Å²) in [6.07, 6.45) is 2.51. The summed E-state index contributed by atoms with van der Waals surface area (Å²) in [7, 11) is 3.83. The lowest BCUT2D eigenvalue weighted by Crippen LogP contribution is -2.28. The first-order valence-electron chi connectivity index (χ1n) is 6.38. The van der Waals surface area contributed by atoms with Crippen LogP contribution in [0.4, 0.5) is 10.8 Å². The van der Waals surface area contributed by atoms with Gasteiger partial charge >= 0.3 is 0 Å². The van der Waals surface area contributed by atoms with Gasteiger partial charge in [-0.15, -0.1) is 0 Å². The summed E-state index contributed by atoms with van der Waals surface area (Å²) < 4.78 is 9.30. The first-order chi connectivity index (χ1) is 8.72. The standard InChI is InChI=1S/C12H22N4OS/c1-16(7-8-17-2)6-5-14-12-10(9-3-4-9)11(13)15-18-12/h9,14H,3-8H2,1-2H3,(H2,13,15). The number of nitrogen functional groups attached to an aromatic ring is 1. The van der Waals surface area contributed by atoms with Crippen molar-refractivity contribution < 1.29 is 4.74 Å². The molecule has 1 aliphatic carbocycles. The molecule has 0 aliphatic heterocycles. The number of likely N-dealkylation sites (N-methyl/N-ethyl adjacent to an activating group) is 1.